The molecule has 8 nitrogen and oxygen atoms in total. The molecular weight excluding hydrogens is 369 g/mol. The van der Waals surface area contributed by atoms with Gasteiger partial charge in [-0.2, -0.15) is 0 Å². The summed E-state index contributed by atoms with van der Waals surface area (Å²) in [5, 5.41) is 2.65. The summed E-state index contributed by atoms with van der Waals surface area (Å²) >= 11 is 0. The number of halogens is 1. The molecule has 9 heteroatoms. The van der Waals surface area contributed by atoms with Crippen molar-refractivity contribution < 1.29 is 28.2 Å². The van der Waals surface area contributed by atoms with Gasteiger partial charge in [-0.05, 0) is 43.3 Å². The average molecular weight is 387 g/mol. The average Bonchev–Trinajstić information content (AvgIpc) is 2.68. The smallest absolute Gasteiger partial charge is 0.279 e. The van der Waals surface area contributed by atoms with Gasteiger partial charge in [-0.15, -0.1) is 0 Å². The van der Waals surface area contributed by atoms with E-state index in [0.29, 0.717) is 17.2 Å². The van der Waals surface area contributed by atoms with Crippen LogP contribution in [0.4, 0.5) is 10.1 Å². The summed E-state index contributed by atoms with van der Waals surface area (Å²) in [6, 6.07) is 12.0. The van der Waals surface area contributed by atoms with E-state index in [2.05, 4.69) is 16.2 Å². The van der Waals surface area contributed by atoms with Gasteiger partial charge in [0.05, 0.1) is 12.1 Å². The molecule has 2 aromatic rings. The number of para-hydroxylation sites is 2. The zero-order valence-electron chi connectivity index (χ0n) is 14.9. The summed E-state index contributed by atoms with van der Waals surface area (Å²) in [6.45, 7) is 1.47. The molecule has 0 radical (unpaired) electrons. The molecule has 28 heavy (non-hydrogen) atoms. The molecule has 0 spiro atoms. The van der Waals surface area contributed by atoms with Crippen molar-refractivity contribution in [2.24, 2.45) is 0 Å². The Morgan fingerprint density at radius 1 is 1.18 bits per heavy atom. The lowest BCUT2D eigenvalue weighted by atomic mass is 10.1. The van der Waals surface area contributed by atoms with E-state index in [1.165, 1.54) is 31.2 Å². The normalized spacial score (nSPS) is 16.1. The number of hydrogen-bond acceptors (Lipinski definition) is 5. The predicted molar refractivity (Wildman–Crippen MR) is 96.9 cm³/mol. The molecule has 0 aliphatic carbocycles. The Hall–Kier alpha value is -3.62. The highest BCUT2D eigenvalue weighted by Gasteiger charge is 2.29. The minimum absolute atomic E-state index is 0.284. The Morgan fingerprint density at radius 2 is 1.89 bits per heavy atom. The fraction of sp³-hybridized carbons (Fsp3) is 0.211. The van der Waals surface area contributed by atoms with Gasteiger partial charge in [0.1, 0.15) is 17.3 Å². The van der Waals surface area contributed by atoms with E-state index in [1.54, 1.807) is 24.3 Å². The van der Waals surface area contributed by atoms with Crippen molar-refractivity contribution in [1.29, 1.82) is 0 Å². The topological polar surface area (TPSA) is 106 Å². The third-order valence-corrected chi connectivity index (χ3v) is 3.90. The van der Waals surface area contributed by atoms with E-state index in [0.717, 1.165) is 0 Å². The molecule has 2 atom stereocenters. The van der Waals surface area contributed by atoms with Crippen LogP contribution in [0.3, 0.4) is 0 Å². The van der Waals surface area contributed by atoms with Crippen molar-refractivity contribution in [2.45, 2.75) is 25.6 Å². The summed E-state index contributed by atoms with van der Waals surface area (Å²) in [6.07, 6.45) is -2.24. The molecule has 0 bridgehead atoms. The molecule has 1 aliphatic heterocycles. The second-order valence-corrected chi connectivity index (χ2v) is 6.05. The first-order valence-corrected chi connectivity index (χ1v) is 8.50. The molecule has 1 heterocycles. The van der Waals surface area contributed by atoms with Gasteiger partial charge in [-0.3, -0.25) is 25.2 Å². The van der Waals surface area contributed by atoms with Gasteiger partial charge in [0.25, 0.3) is 11.8 Å². The number of carbonyl (C=O) groups is 3. The number of benzene rings is 2. The van der Waals surface area contributed by atoms with Crippen molar-refractivity contribution in [3.8, 4) is 11.5 Å². The fourth-order valence-electron chi connectivity index (χ4n) is 2.45. The number of ether oxygens (including phenoxy) is 2. The maximum absolute atomic E-state index is 12.9. The van der Waals surface area contributed by atoms with E-state index >= 15 is 0 Å². The largest absolute Gasteiger partial charge is 0.481 e. The SMILES string of the molecule is C[C@H](Oc1ccc(F)cc1)C(=O)NNC(=O)C[C@H]1Oc2ccccc2NC1=O. The van der Waals surface area contributed by atoms with Crippen LogP contribution < -0.4 is 25.6 Å². The van der Waals surface area contributed by atoms with Crippen molar-refractivity contribution >= 4 is 23.4 Å². The number of hydrogen-bond donors (Lipinski definition) is 3. The van der Waals surface area contributed by atoms with Gasteiger partial charge >= 0.3 is 0 Å². The zero-order valence-corrected chi connectivity index (χ0v) is 14.9. The van der Waals surface area contributed by atoms with Crippen LogP contribution in [-0.2, 0) is 14.4 Å². The summed E-state index contributed by atoms with van der Waals surface area (Å²) in [4.78, 5) is 36.0. The van der Waals surface area contributed by atoms with Crippen molar-refractivity contribution in [2.75, 3.05) is 5.32 Å². The van der Waals surface area contributed by atoms with Crippen LogP contribution >= 0.6 is 0 Å². The van der Waals surface area contributed by atoms with E-state index in [1.807, 2.05) is 0 Å². The molecule has 0 saturated heterocycles. The molecule has 1 aliphatic rings. The van der Waals surface area contributed by atoms with Crippen LogP contribution in [0.15, 0.2) is 48.5 Å². The Morgan fingerprint density at radius 3 is 2.64 bits per heavy atom. The summed E-state index contributed by atoms with van der Waals surface area (Å²) in [5.41, 5.74) is 4.96. The van der Waals surface area contributed by atoms with Gasteiger partial charge < -0.3 is 14.8 Å². The second kappa shape index (κ2) is 8.38. The van der Waals surface area contributed by atoms with Gasteiger partial charge in [-0.1, -0.05) is 12.1 Å². The molecule has 0 unspecified atom stereocenters. The first-order chi connectivity index (χ1) is 13.4. The standard InChI is InChI=1S/C19H18FN3O5/c1-11(27-13-8-6-12(20)7-9-13)18(25)23-22-17(24)10-16-19(26)21-14-4-2-3-5-15(14)28-16/h2-9,11,16H,10H2,1H3,(H,21,26)(H,22,24)(H,23,25)/t11-,16+/m0/s1. The molecule has 3 amide bonds. The molecular formula is C19H18FN3O5. The highest BCUT2D eigenvalue weighted by atomic mass is 19.1. The first-order valence-electron chi connectivity index (χ1n) is 8.50. The van der Waals surface area contributed by atoms with Gasteiger partial charge in [0.2, 0.25) is 5.91 Å². The van der Waals surface area contributed by atoms with Gasteiger partial charge in [0, 0.05) is 0 Å². The number of rotatable bonds is 5. The molecule has 2 aromatic carbocycles. The Balaban J connectivity index is 1.46. The molecule has 146 valence electrons. The Kier molecular flexibility index (Phi) is 5.73. The molecule has 3 rings (SSSR count). The zero-order chi connectivity index (χ0) is 20.1. The molecule has 0 aromatic heterocycles. The van der Waals surface area contributed by atoms with Gasteiger partial charge in [-0.25, -0.2) is 4.39 Å². The molecule has 0 fully saturated rings. The van der Waals surface area contributed by atoms with Crippen LogP contribution in [0.2, 0.25) is 0 Å². The lowest BCUT2D eigenvalue weighted by molar-refractivity contribution is -0.135. The minimum atomic E-state index is -1.01. The Labute approximate surface area is 160 Å². The molecule has 3 N–H and O–H groups in total. The molecule has 0 saturated carbocycles. The maximum atomic E-state index is 12.9. The number of nitrogens with one attached hydrogen (secondary N) is 3. The summed E-state index contributed by atoms with van der Waals surface area (Å²) in [7, 11) is 0. The second-order valence-electron chi connectivity index (χ2n) is 6.05. The number of carbonyl (C=O) groups excluding carboxylic acids is 3. The highest BCUT2D eigenvalue weighted by Crippen LogP contribution is 2.29. The predicted octanol–water partition coefficient (Wildman–Crippen LogP) is 1.53. The van der Waals surface area contributed by atoms with Crippen LogP contribution in [0.1, 0.15) is 13.3 Å². The van der Waals surface area contributed by atoms with Crippen molar-refractivity contribution in [3.05, 3.63) is 54.3 Å². The van der Waals surface area contributed by atoms with Gasteiger partial charge in [0.15, 0.2) is 12.2 Å². The van der Waals surface area contributed by atoms with E-state index < -0.39 is 35.7 Å². The van der Waals surface area contributed by atoms with Crippen molar-refractivity contribution in [3.63, 3.8) is 0 Å². The fourth-order valence-corrected chi connectivity index (χ4v) is 2.45. The Bertz CT molecular complexity index is 887. The summed E-state index contributed by atoms with van der Waals surface area (Å²) in [5.74, 6) is -1.33. The number of hydrazine groups is 1. The number of fused-ring (bicyclic) bond motifs is 1. The van der Waals surface area contributed by atoms with E-state index in [4.69, 9.17) is 9.47 Å². The third kappa shape index (κ3) is 4.76. The van der Waals surface area contributed by atoms with E-state index in [9.17, 15) is 18.8 Å². The maximum Gasteiger partial charge on any atom is 0.279 e. The van der Waals surface area contributed by atoms with Crippen molar-refractivity contribution in [1.82, 2.24) is 10.9 Å². The van der Waals surface area contributed by atoms with E-state index in [-0.39, 0.29) is 6.42 Å². The van der Waals surface area contributed by atoms with Crippen LogP contribution in [0.5, 0.6) is 11.5 Å². The third-order valence-electron chi connectivity index (χ3n) is 3.90. The first kappa shape index (κ1) is 19.2. The number of amides is 3. The van der Waals surface area contributed by atoms with Crippen LogP contribution in [-0.4, -0.2) is 29.9 Å². The lowest BCUT2D eigenvalue weighted by Gasteiger charge is -2.25. The monoisotopic (exact) mass is 387 g/mol. The highest BCUT2D eigenvalue weighted by molar-refractivity contribution is 6.00. The van der Waals surface area contributed by atoms with Crippen LogP contribution in [0.25, 0.3) is 0 Å². The number of anilines is 1. The quantitative estimate of drug-likeness (QED) is 0.675. The summed E-state index contributed by atoms with van der Waals surface area (Å²) < 4.78 is 23.7. The van der Waals surface area contributed by atoms with Crippen LogP contribution in [0, 0.1) is 5.82 Å². The lowest BCUT2D eigenvalue weighted by Crippen LogP contribution is -2.49. The minimum Gasteiger partial charge on any atom is -0.481 e.